The minimum absolute atomic E-state index is 0.0340. The third-order valence-electron chi connectivity index (χ3n) is 4.60. The lowest BCUT2D eigenvalue weighted by atomic mass is 10.2. The topological polar surface area (TPSA) is 106 Å². The minimum atomic E-state index is -0.310. The van der Waals surface area contributed by atoms with Gasteiger partial charge in [-0.1, -0.05) is 0 Å². The number of carbonyl (C=O) groups excluding carboxylic acids is 1. The number of carbonyl (C=O) groups is 1. The van der Waals surface area contributed by atoms with Crippen molar-refractivity contribution in [3.63, 3.8) is 0 Å². The number of aryl methyl sites for hydroxylation is 1. The van der Waals surface area contributed by atoms with Gasteiger partial charge in [-0.2, -0.15) is 5.10 Å². The molecule has 0 saturated carbocycles. The van der Waals surface area contributed by atoms with Gasteiger partial charge in [-0.25, -0.2) is 14.5 Å². The summed E-state index contributed by atoms with van der Waals surface area (Å²) in [7, 11) is 1.64. The molecule has 1 aliphatic rings. The van der Waals surface area contributed by atoms with Crippen molar-refractivity contribution in [1.29, 1.82) is 0 Å². The summed E-state index contributed by atoms with van der Waals surface area (Å²) in [6.07, 6.45) is 5.16. The largest absolute Gasteiger partial charge is 0.378 e. The van der Waals surface area contributed by atoms with Gasteiger partial charge in [-0.3, -0.25) is 10.3 Å². The van der Waals surface area contributed by atoms with Crippen LogP contribution < -0.4 is 16.0 Å². The molecule has 0 spiro atoms. The Hall–Kier alpha value is -3.04. The van der Waals surface area contributed by atoms with Gasteiger partial charge in [0, 0.05) is 37.5 Å². The Bertz CT molecular complexity index is 971. The number of nitrogens with zero attached hydrogens (tertiary/aromatic N) is 4. The van der Waals surface area contributed by atoms with Crippen LogP contribution in [0, 0.1) is 6.92 Å². The average Bonchev–Trinajstić information content (AvgIpc) is 3.27. The number of nitrogens with one attached hydrogen (secondary N) is 3. The zero-order valence-electron chi connectivity index (χ0n) is 15.1. The molecule has 3 N–H and O–H groups in total. The molecule has 2 atom stereocenters. The maximum Gasteiger partial charge on any atom is 0.320 e. The third kappa shape index (κ3) is 3.60. The fourth-order valence-electron chi connectivity index (χ4n) is 3.23. The van der Waals surface area contributed by atoms with Gasteiger partial charge >= 0.3 is 6.03 Å². The number of fused-ring (bicyclic) bond motifs is 1. The molecule has 1 fully saturated rings. The van der Waals surface area contributed by atoms with Crippen molar-refractivity contribution >= 4 is 22.8 Å². The van der Waals surface area contributed by atoms with Crippen LogP contribution in [0.25, 0.3) is 16.6 Å². The summed E-state index contributed by atoms with van der Waals surface area (Å²) in [5.74, 6) is 0.463. The summed E-state index contributed by atoms with van der Waals surface area (Å²) in [5, 5.41) is 14.2. The number of amides is 2. The second kappa shape index (κ2) is 7.29. The fourth-order valence-corrected chi connectivity index (χ4v) is 3.23. The minimum Gasteiger partial charge on any atom is -0.378 e. The standard InChI is InChI=1S/C18H21N7O2/c1-11-5-13(3-4-20-11)25-15-9-21-17(6-12(15)7-22-25)24-18(26)23-14-8-19-10-16(14)27-2/h3-7,9,14,16,19H,8,10H2,1-2H3,(H2,21,23,24,26). The van der Waals surface area contributed by atoms with Gasteiger partial charge in [-0.05, 0) is 25.1 Å². The van der Waals surface area contributed by atoms with E-state index in [4.69, 9.17) is 4.74 Å². The van der Waals surface area contributed by atoms with Crippen LogP contribution in [0.15, 0.2) is 36.8 Å². The quantitative estimate of drug-likeness (QED) is 0.640. The number of hydrogen-bond acceptors (Lipinski definition) is 6. The first-order valence-corrected chi connectivity index (χ1v) is 8.72. The Morgan fingerprint density at radius 3 is 3.00 bits per heavy atom. The molecule has 1 saturated heterocycles. The van der Waals surface area contributed by atoms with Crippen LogP contribution >= 0.6 is 0 Å². The SMILES string of the molecule is COC1CNCC1NC(=O)Nc1cc2cnn(-c3ccnc(C)c3)c2cn1. The number of hydrogen-bond donors (Lipinski definition) is 3. The van der Waals surface area contributed by atoms with E-state index in [-0.39, 0.29) is 18.2 Å². The molecule has 3 aromatic heterocycles. The highest BCUT2D eigenvalue weighted by Crippen LogP contribution is 2.20. The number of rotatable bonds is 4. The molecule has 2 amide bonds. The molecule has 0 aliphatic carbocycles. The predicted octanol–water partition coefficient (Wildman–Crippen LogP) is 1.23. The van der Waals surface area contributed by atoms with E-state index in [2.05, 4.69) is 31.0 Å². The van der Waals surface area contributed by atoms with Crippen molar-refractivity contribution < 1.29 is 9.53 Å². The summed E-state index contributed by atoms with van der Waals surface area (Å²) >= 11 is 0. The van der Waals surface area contributed by atoms with Crippen LogP contribution in [0.3, 0.4) is 0 Å². The molecule has 4 rings (SSSR count). The van der Waals surface area contributed by atoms with Gasteiger partial charge in [0.15, 0.2) is 0 Å². The predicted molar refractivity (Wildman–Crippen MR) is 101 cm³/mol. The Balaban J connectivity index is 1.50. The fraction of sp³-hybridized carbons (Fsp3) is 0.333. The van der Waals surface area contributed by atoms with Crippen LogP contribution in [0.5, 0.6) is 0 Å². The van der Waals surface area contributed by atoms with E-state index in [0.29, 0.717) is 12.4 Å². The van der Waals surface area contributed by atoms with Crippen LogP contribution in [0.4, 0.5) is 10.6 Å². The van der Waals surface area contributed by atoms with Crippen LogP contribution in [-0.4, -0.2) is 58.1 Å². The normalized spacial score (nSPS) is 19.3. The van der Waals surface area contributed by atoms with Gasteiger partial charge in [0.1, 0.15) is 5.82 Å². The summed E-state index contributed by atoms with van der Waals surface area (Å²) < 4.78 is 7.15. The lowest BCUT2D eigenvalue weighted by Gasteiger charge is -2.18. The molecule has 27 heavy (non-hydrogen) atoms. The van der Waals surface area contributed by atoms with Crippen LogP contribution in [0.1, 0.15) is 5.69 Å². The van der Waals surface area contributed by atoms with Crippen LogP contribution in [0.2, 0.25) is 0 Å². The molecule has 3 aromatic rings. The lowest BCUT2D eigenvalue weighted by molar-refractivity contribution is 0.0991. The summed E-state index contributed by atoms with van der Waals surface area (Å²) in [6, 6.07) is 5.26. The zero-order valence-corrected chi connectivity index (χ0v) is 15.1. The Morgan fingerprint density at radius 1 is 1.30 bits per heavy atom. The molecule has 0 radical (unpaired) electrons. The van der Waals surface area contributed by atoms with Crippen molar-refractivity contribution in [3.05, 3.63) is 42.5 Å². The monoisotopic (exact) mass is 367 g/mol. The van der Waals surface area contributed by atoms with Crippen molar-refractivity contribution in [1.82, 2.24) is 30.4 Å². The highest BCUT2D eigenvalue weighted by Gasteiger charge is 2.28. The molecular formula is C18H21N7O2. The van der Waals surface area contributed by atoms with Gasteiger partial charge in [0.05, 0.1) is 35.7 Å². The van der Waals surface area contributed by atoms with Gasteiger partial charge < -0.3 is 15.4 Å². The first-order valence-electron chi connectivity index (χ1n) is 8.72. The van der Waals surface area contributed by atoms with E-state index < -0.39 is 0 Å². The average molecular weight is 367 g/mol. The van der Waals surface area contributed by atoms with Crippen LogP contribution in [-0.2, 0) is 4.74 Å². The van der Waals surface area contributed by atoms with E-state index in [9.17, 15) is 4.79 Å². The molecule has 1 aliphatic heterocycles. The highest BCUT2D eigenvalue weighted by molar-refractivity contribution is 5.91. The molecular weight excluding hydrogens is 346 g/mol. The number of urea groups is 1. The third-order valence-corrected chi connectivity index (χ3v) is 4.60. The van der Waals surface area contributed by atoms with Gasteiger partial charge in [0.2, 0.25) is 0 Å². The first-order chi connectivity index (χ1) is 13.1. The second-order valence-electron chi connectivity index (χ2n) is 6.48. The number of ether oxygens (including phenoxy) is 1. The van der Waals surface area contributed by atoms with Crippen molar-refractivity contribution in [2.24, 2.45) is 0 Å². The Morgan fingerprint density at radius 2 is 2.19 bits per heavy atom. The number of anilines is 1. The smallest absolute Gasteiger partial charge is 0.320 e. The second-order valence-corrected chi connectivity index (χ2v) is 6.48. The van der Waals surface area contributed by atoms with Crippen molar-refractivity contribution in [3.8, 4) is 5.69 Å². The maximum absolute atomic E-state index is 12.3. The van der Waals surface area contributed by atoms with Gasteiger partial charge in [0.25, 0.3) is 0 Å². The van der Waals surface area contributed by atoms with E-state index in [0.717, 1.165) is 28.8 Å². The lowest BCUT2D eigenvalue weighted by Crippen LogP contribution is -2.45. The molecule has 2 unspecified atom stereocenters. The first kappa shape index (κ1) is 17.4. The van der Waals surface area contributed by atoms with E-state index >= 15 is 0 Å². The van der Waals surface area contributed by atoms with E-state index in [1.807, 2.05) is 19.1 Å². The summed E-state index contributed by atoms with van der Waals surface area (Å²) in [6.45, 7) is 3.33. The summed E-state index contributed by atoms with van der Waals surface area (Å²) in [5.41, 5.74) is 2.68. The Kier molecular flexibility index (Phi) is 4.69. The van der Waals surface area contributed by atoms with Gasteiger partial charge in [-0.15, -0.1) is 0 Å². The van der Waals surface area contributed by atoms with E-state index in [1.54, 1.807) is 36.4 Å². The molecule has 0 aromatic carbocycles. The molecule has 0 bridgehead atoms. The van der Waals surface area contributed by atoms with E-state index in [1.165, 1.54) is 0 Å². The molecule has 140 valence electrons. The molecule has 4 heterocycles. The van der Waals surface area contributed by atoms with Crippen molar-refractivity contribution in [2.75, 3.05) is 25.5 Å². The maximum atomic E-state index is 12.3. The number of pyridine rings is 2. The number of aromatic nitrogens is 4. The zero-order chi connectivity index (χ0) is 18.8. The summed E-state index contributed by atoms with van der Waals surface area (Å²) in [4.78, 5) is 20.8. The Labute approximate surface area is 156 Å². The molecule has 9 nitrogen and oxygen atoms in total. The highest BCUT2D eigenvalue weighted by atomic mass is 16.5. The molecule has 9 heteroatoms. The number of methoxy groups -OCH3 is 1. The van der Waals surface area contributed by atoms with Crippen molar-refractivity contribution in [2.45, 2.75) is 19.1 Å².